The van der Waals surface area contributed by atoms with Gasteiger partial charge in [-0.2, -0.15) is 0 Å². The van der Waals surface area contributed by atoms with Crippen LogP contribution in [0.1, 0.15) is 19.8 Å². The Morgan fingerprint density at radius 3 is 2.92 bits per heavy atom. The monoisotopic (exact) mass is 197 g/mol. The summed E-state index contributed by atoms with van der Waals surface area (Å²) in [5.74, 6) is 0.0322. The van der Waals surface area contributed by atoms with Crippen molar-refractivity contribution in [1.82, 2.24) is 0 Å². The smallest absolute Gasteiger partial charge is 0.224 e. The zero-order chi connectivity index (χ0) is 9.68. The lowest BCUT2D eigenvalue weighted by Gasteiger charge is -2.03. The summed E-state index contributed by atoms with van der Waals surface area (Å²) >= 11 is 5.75. The maximum absolute atomic E-state index is 11.2. The van der Waals surface area contributed by atoms with Crippen molar-refractivity contribution in [2.75, 3.05) is 5.32 Å². The summed E-state index contributed by atoms with van der Waals surface area (Å²) < 4.78 is 0. The van der Waals surface area contributed by atoms with Crippen molar-refractivity contribution in [3.8, 4) is 0 Å². The van der Waals surface area contributed by atoms with Gasteiger partial charge in [-0.3, -0.25) is 4.79 Å². The van der Waals surface area contributed by atoms with Crippen molar-refractivity contribution in [3.05, 3.63) is 29.3 Å². The standard InChI is InChI=1S/C10H12ClNO/c1-2-4-10(13)12-9-6-3-5-8(11)7-9/h3,5-7H,2,4H2,1H3,(H,12,13). The Labute approximate surface area is 82.9 Å². The molecule has 1 aromatic rings. The SMILES string of the molecule is CCCC(=O)Nc1cccc(Cl)c1. The maximum Gasteiger partial charge on any atom is 0.224 e. The summed E-state index contributed by atoms with van der Waals surface area (Å²) in [6.45, 7) is 1.97. The van der Waals surface area contributed by atoms with Crippen molar-refractivity contribution in [1.29, 1.82) is 0 Å². The first-order chi connectivity index (χ1) is 6.22. The highest BCUT2D eigenvalue weighted by Gasteiger charge is 1.99. The normalized spacial score (nSPS) is 9.69. The number of carbonyl (C=O) groups excluding carboxylic acids is 1. The Balaban J connectivity index is 2.58. The molecule has 0 saturated heterocycles. The molecule has 2 nitrogen and oxygen atoms in total. The van der Waals surface area contributed by atoms with E-state index in [0.29, 0.717) is 11.4 Å². The molecule has 70 valence electrons. The second-order valence-electron chi connectivity index (χ2n) is 2.81. The third-order valence-electron chi connectivity index (χ3n) is 1.59. The minimum atomic E-state index is 0.0322. The summed E-state index contributed by atoms with van der Waals surface area (Å²) in [7, 11) is 0. The lowest BCUT2D eigenvalue weighted by Crippen LogP contribution is -2.10. The molecule has 0 aliphatic carbocycles. The predicted octanol–water partition coefficient (Wildman–Crippen LogP) is 3.08. The lowest BCUT2D eigenvalue weighted by molar-refractivity contribution is -0.116. The summed E-state index contributed by atoms with van der Waals surface area (Å²) in [6, 6.07) is 7.13. The Bertz CT molecular complexity index is 299. The van der Waals surface area contributed by atoms with Gasteiger partial charge in [0.2, 0.25) is 5.91 Å². The molecular weight excluding hydrogens is 186 g/mol. The molecule has 0 fully saturated rings. The molecule has 0 radical (unpaired) electrons. The van der Waals surface area contributed by atoms with Gasteiger partial charge in [0.15, 0.2) is 0 Å². The van der Waals surface area contributed by atoms with E-state index in [1.54, 1.807) is 12.1 Å². The molecule has 13 heavy (non-hydrogen) atoms. The maximum atomic E-state index is 11.2. The van der Waals surface area contributed by atoms with E-state index in [4.69, 9.17) is 11.6 Å². The number of anilines is 1. The Morgan fingerprint density at radius 2 is 2.31 bits per heavy atom. The van der Waals surface area contributed by atoms with Crippen molar-refractivity contribution in [2.24, 2.45) is 0 Å². The molecule has 1 N–H and O–H groups in total. The highest BCUT2D eigenvalue weighted by atomic mass is 35.5. The molecule has 3 heteroatoms. The van der Waals surface area contributed by atoms with E-state index in [1.165, 1.54) is 0 Å². The summed E-state index contributed by atoms with van der Waals surface area (Å²) in [4.78, 5) is 11.2. The zero-order valence-electron chi connectivity index (χ0n) is 7.51. The molecule has 0 heterocycles. The van der Waals surface area contributed by atoms with Gasteiger partial charge in [0.25, 0.3) is 0 Å². The van der Waals surface area contributed by atoms with Crippen molar-refractivity contribution in [2.45, 2.75) is 19.8 Å². The van der Waals surface area contributed by atoms with Crippen molar-refractivity contribution in [3.63, 3.8) is 0 Å². The fourth-order valence-electron chi connectivity index (χ4n) is 1.02. The molecule has 0 aliphatic heterocycles. The lowest BCUT2D eigenvalue weighted by atomic mass is 10.3. The van der Waals surface area contributed by atoms with E-state index in [9.17, 15) is 4.79 Å². The number of halogens is 1. The molecule has 0 bridgehead atoms. The molecular formula is C10H12ClNO. The van der Waals surface area contributed by atoms with Crippen LogP contribution in [0.25, 0.3) is 0 Å². The second kappa shape index (κ2) is 4.87. The molecule has 0 unspecified atom stereocenters. The van der Waals surface area contributed by atoms with E-state index >= 15 is 0 Å². The van der Waals surface area contributed by atoms with E-state index in [0.717, 1.165) is 12.1 Å². The quantitative estimate of drug-likeness (QED) is 0.793. The van der Waals surface area contributed by atoms with Gasteiger partial charge < -0.3 is 5.32 Å². The van der Waals surface area contributed by atoms with Gasteiger partial charge in [-0.25, -0.2) is 0 Å². The van der Waals surface area contributed by atoms with Gasteiger partial charge in [0, 0.05) is 17.1 Å². The third-order valence-corrected chi connectivity index (χ3v) is 1.82. The molecule has 1 aromatic carbocycles. The van der Waals surface area contributed by atoms with Crippen LogP contribution in [0.15, 0.2) is 24.3 Å². The average molecular weight is 198 g/mol. The van der Waals surface area contributed by atoms with Gasteiger partial charge in [0.05, 0.1) is 0 Å². The average Bonchev–Trinajstić information content (AvgIpc) is 2.04. The van der Waals surface area contributed by atoms with Gasteiger partial charge >= 0.3 is 0 Å². The first-order valence-electron chi connectivity index (χ1n) is 4.28. The molecule has 0 aliphatic rings. The van der Waals surface area contributed by atoms with Crippen molar-refractivity contribution >= 4 is 23.2 Å². The number of hydrogen-bond acceptors (Lipinski definition) is 1. The van der Waals surface area contributed by atoms with Gasteiger partial charge in [-0.15, -0.1) is 0 Å². The number of nitrogens with one attached hydrogen (secondary N) is 1. The van der Waals surface area contributed by atoms with Crippen LogP contribution in [-0.2, 0) is 4.79 Å². The van der Waals surface area contributed by atoms with Gasteiger partial charge in [-0.05, 0) is 24.6 Å². The molecule has 0 atom stereocenters. The zero-order valence-corrected chi connectivity index (χ0v) is 8.27. The summed E-state index contributed by atoms with van der Waals surface area (Å²) in [5, 5.41) is 3.39. The summed E-state index contributed by atoms with van der Waals surface area (Å²) in [5.41, 5.74) is 0.756. The predicted molar refractivity (Wildman–Crippen MR) is 55.0 cm³/mol. The van der Waals surface area contributed by atoms with E-state index in [2.05, 4.69) is 5.32 Å². The van der Waals surface area contributed by atoms with Crippen LogP contribution in [-0.4, -0.2) is 5.91 Å². The molecule has 0 aromatic heterocycles. The molecule has 1 rings (SSSR count). The number of rotatable bonds is 3. The van der Waals surface area contributed by atoms with Crippen LogP contribution in [0, 0.1) is 0 Å². The Kier molecular flexibility index (Phi) is 3.77. The van der Waals surface area contributed by atoms with Gasteiger partial charge in [0.1, 0.15) is 0 Å². The van der Waals surface area contributed by atoms with Crippen LogP contribution in [0.4, 0.5) is 5.69 Å². The highest BCUT2D eigenvalue weighted by molar-refractivity contribution is 6.30. The van der Waals surface area contributed by atoms with Crippen LogP contribution in [0.3, 0.4) is 0 Å². The minimum Gasteiger partial charge on any atom is -0.326 e. The fourth-order valence-corrected chi connectivity index (χ4v) is 1.21. The van der Waals surface area contributed by atoms with E-state index < -0.39 is 0 Å². The van der Waals surface area contributed by atoms with Crippen molar-refractivity contribution < 1.29 is 4.79 Å². The molecule has 0 spiro atoms. The minimum absolute atomic E-state index is 0.0322. The Hall–Kier alpha value is -1.02. The van der Waals surface area contributed by atoms with Gasteiger partial charge in [-0.1, -0.05) is 24.6 Å². The second-order valence-corrected chi connectivity index (χ2v) is 3.24. The van der Waals surface area contributed by atoms with Crippen LogP contribution in [0.5, 0.6) is 0 Å². The molecule has 1 amide bonds. The van der Waals surface area contributed by atoms with E-state index in [1.807, 2.05) is 19.1 Å². The van der Waals surface area contributed by atoms with Crippen LogP contribution >= 0.6 is 11.6 Å². The fraction of sp³-hybridized carbons (Fsp3) is 0.300. The third kappa shape index (κ3) is 3.47. The number of amides is 1. The highest BCUT2D eigenvalue weighted by Crippen LogP contribution is 2.14. The first kappa shape index (κ1) is 10.1. The number of benzene rings is 1. The van der Waals surface area contributed by atoms with Crippen LogP contribution < -0.4 is 5.32 Å². The number of carbonyl (C=O) groups is 1. The van der Waals surface area contributed by atoms with E-state index in [-0.39, 0.29) is 5.91 Å². The van der Waals surface area contributed by atoms with Crippen LogP contribution in [0.2, 0.25) is 5.02 Å². The molecule has 0 saturated carbocycles. The Morgan fingerprint density at radius 1 is 1.54 bits per heavy atom. The largest absolute Gasteiger partial charge is 0.326 e. The number of hydrogen-bond donors (Lipinski definition) is 1. The topological polar surface area (TPSA) is 29.1 Å². The summed E-state index contributed by atoms with van der Waals surface area (Å²) in [6.07, 6.45) is 1.40. The first-order valence-corrected chi connectivity index (χ1v) is 4.65.